The van der Waals surface area contributed by atoms with Crippen molar-refractivity contribution in [2.75, 3.05) is 0 Å². The number of carbonyl (C=O) groups is 1. The Kier molecular flexibility index (Phi) is 10.6. The zero-order valence-corrected chi connectivity index (χ0v) is 21.2. The summed E-state index contributed by atoms with van der Waals surface area (Å²) in [4.78, 5) is 11.5. The summed E-state index contributed by atoms with van der Waals surface area (Å²) in [6.45, 7) is 1.86. The number of fused-ring (bicyclic) bond motifs is 1. The van der Waals surface area contributed by atoms with Crippen molar-refractivity contribution in [2.24, 2.45) is 0 Å². The van der Waals surface area contributed by atoms with Crippen LogP contribution < -0.4 is 18.9 Å². The number of rotatable bonds is 5. The van der Waals surface area contributed by atoms with Crippen LogP contribution in [0.2, 0.25) is 10.0 Å². The third-order valence-electron chi connectivity index (χ3n) is 5.39. The van der Waals surface area contributed by atoms with Crippen molar-refractivity contribution < 1.29 is 48.1 Å². The van der Waals surface area contributed by atoms with E-state index in [1.807, 2.05) is 25.1 Å². The average Bonchev–Trinajstić information content (AvgIpc) is 2.75. The average molecular weight is 527 g/mol. The molecule has 0 fully saturated rings. The number of hydrogen-bond donors (Lipinski definition) is 1. The predicted octanol–water partition coefficient (Wildman–Crippen LogP) is 2.58. The first-order chi connectivity index (χ1) is 15.2. The maximum absolute atomic E-state index is 13.0. The van der Waals surface area contributed by atoms with E-state index in [4.69, 9.17) is 23.2 Å². The van der Waals surface area contributed by atoms with Gasteiger partial charge in [0.15, 0.2) is 0 Å². The van der Waals surface area contributed by atoms with Gasteiger partial charge in [0.25, 0.3) is 0 Å². The van der Waals surface area contributed by atoms with Crippen molar-refractivity contribution in [1.29, 1.82) is 0 Å². The topological polar surface area (TPSA) is 133 Å². The van der Waals surface area contributed by atoms with Gasteiger partial charge in [0.05, 0.1) is 21.2 Å². The summed E-state index contributed by atoms with van der Waals surface area (Å²) in [5.41, 5.74) is 3.09. The minimum absolute atomic E-state index is 0. The molecule has 0 saturated heterocycles. The first-order valence-corrected chi connectivity index (χ1v) is 12.0. The molecule has 178 valence electrons. The van der Waals surface area contributed by atoms with Crippen LogP contribution in [0.3, 0.4) is 0 Å². The third-order valence-corrected chi connectivity index (χ3v) is 7.90. The second-order valence-corrected chi connectivity index (χ2v) is 10.2. The van der Waals surface area contributed by atoms with E-state index in [1.54, 1.807) is 30.3 Å². The molecule has 0 radical (unpaired) electrons. The number of sulfone groups is 1. The molecule has 35 heavy (non-hydrogen) atoms. The van der Waals surface area contributed by atoms with Gasteiger partial charge in [-0.05, 0) is 76.3 Å². The maximum Gasteiger partial charge on any atom is 1.00 e. The summed E-state index contributed by atoms with van der Waals surface area (Å²) in [5, 5.41) is 11.8. The smallest absolute Gasteiger partial charge is 0.870 e. The predicted molar refractivity (Wildman–Crippen MR) is 133 cm³/mol. The monoisotopic (exact) mass is 526 g/mol. The van der Waals surface area contributed by atoms with E-state index in [0.29, 0.717) is 10.6 Å². The van der Waals surface area contributed by atoms with Crippen molar-refractivity contribution in [2.45, 2.75) is 23.1 Å². The fourth-order valence-corrected chi connectivity index (χ4v) is 5.78. The third kappa shape index (κ3) is 6.08. The van der Waals surface area contributed by atoms with Gasteiger partial charge in [-0.25, -0.2) is 8.42 Å². The van der Waals surface area contributed by atoms with E-state index in [-0.39, 0.29) is 51.0 Å². The van der Waals surface area contributed by atoms with E-state index >= 15 is 0 Å². The molecule has 0 bridgehead atoms. The van der Waals surface area contributed by atoms with Crippen LogP contribution in [-0.2, 0) is 21.1 Å². The molecule has 4 rings (SSSR count). The molecule has 0 aliphatic rings. The summed E-state index contributed by atoms with van der Waals surface area (Å²) < 4.78 is 26.1. The molecule has 0 aliphatic heterocycles. The van der Waals surface area contributed by atoms with Crippen LogP contribution >= 0.6 is 23.2 Å². The van der Waals surface area contributed by atoms with Crippen molar-refractivity contribution in [3.63, 3.8) is 0 Å². The van der Waals surface area contributed by atoms with E-state index < -0.39 is 15.8 Å². The van der Waals surface area contributed by atoms with Gasteiger partial charge in [0.1, 0.15) is 0 Å². The molecule has 0 amide bonds. The van der Waals surface area contributed by atoms with E-state index in [1.165, 1.54) is 24.3 Å². The zero-order chi connectivity index (χ0) is 23.0. The second kappa shape index (κ2) is 12.1. The van der Waals surface area contributed by atoms with Gasteiger partial charge in [0.2, 0.25) is 9.84 Å². The molecule has 4 aromatic rings. The number of aliphatic carboxylic acids is 1. The summed E-state index contributed by atoms with van der Waals surface area (Å²) in [6, 6.07) is 20.1. The molecule has 0 aromatic heterocycles. The summed E-state index contributed by atoms with van der Waals surface area (Å²) in [6.07, 6.45) is -0.115. The number of benzene rings is 4. The maximum atomic E-state index is 13.0. The van der Waals surface area contributed by atoms with Crippen LogP contribution in [0.1, 0.15) is 11.1 Å². The Morgan fingerprint density at radius 1 is 0.943 bits per heavy atom. The van der Waals surface area contributed by atoms with Crippen LogP contribution in [-0.4, -0.2) is 30.4 Å². The quantitative estimate of drug-likeness (QED) is 0.399. The molecule has 0 spiro atoms. The van der Waals surface area contributed by atoms with Gasteiger partial charge in [-0.3, -0.25) is 4.79 Å². The van der Waals surface area contributed by atoms with E-state index in [9.17, 15) is 18.3 Å². The van der Waals surface area contributed by atoms with Crippen LogP contribution in [0.25, 0.3) is 21.9 Å². The SMILES string of the molecule is Cc1c(CC(=O)O)cc2ccc(Cl)cc2c1-c1ccc(S(=O)(=O)c2ccccc2Cl)cc1.O.[Li+].[OH-]. The van der Waals surface area contributed by atoms with Crippen LogP contribution in [0.5, 0.6) is 0 Å². The van der Waals surface area contributed by atoms with Gasteiger partial charge < -0.3 is 16.1 Å². The summed E-state index contributed by atoms with van der Waals surface area (Å²) in [5.74, 6) is -0.923. The Morgan fingerprint density at radius 3 is 2.17 bits per heavy atom. The molecule has 0 unspecified atom stereocenters. The van der Waals surface area contributed by atoms with Gasteiger partial charge in [-0.15, -0.1) is 0 Å². The molecular formula is C25H21Cl2LiO6S. The van der Waals surface area contributed by atoms with Gasteiger partial charge in [-0.1, -0.05) is 59.6 Å². The Labute approximate surface area is 225 Å². The number of carboxylic acids is 1. The van der Waals surface area contributed by atoms with E-state index in [0.717, 1.165) is 27.5 Å². The second-order valence-electron chi connectivity index (χ2n) is 7.43. The molecule has 0 atom stereocenters. The molecule has 0 saturated carbocycles. The standard InChI is InChI=1S/C25H18Cl2O4S.Li.2H2O/c1-15-18(13-24(28)29)12-17-6-9-19(26)14-21(17)25(15)16-7-10-20(11-8-16)32(30,31)23-5-3-2-4-22(23)27;;;/h2-12,14H,13H2,1H3,(H,28,29);;2*1H2/q;+1;;/p-1. The van der Waals surface area contributed by atoms with Crippen molar-refractivity contribution in [1.82, 2.24) is 0 Å². The number of hydrogen-bond acceptors (Lipinski definition) is 4. The number of carboxylic acid groups (broad SMARTS) is 1. The van der Waals surface area contributed by atoms with Crippen molar-refractivity contribution in [3.05, 3.63) is 94.0 Å². The largest absolute Gasteiger partial charge is 1.00 e. The van der Waals surface area contributed by atoms with Crippen LogP contribution in [0, 0.1) is 6.92 Å². The summed E-state index contributed by atoms with van der Waals surface area (Å²) in [7, 11) is -3.78. The molecule has 4 aromatic carbocycles. The normalized spacial score (nSPS) is 10.6. The molecular weight excluding hydrogens is 506 g/mol. The Bertz CT molecular complexity index is 1470. The zero-order valence-electron chi connectivity index (χ0n) is 18.9. The molecule has 6 nitrogen and oxygen atoms in total. The minimum Gasteiger partial charge on any atom is -0.870 e. The van der Waals surface area contributed by atoms with Gasteiger partial charge >= 0.3 is 24.8 Å². The minimum atomic E-state index is -3.78. The van der Waals surface area contributed by atoms with Crippen LogP contribution in [0.4, 0.5) is 0 Å². The van der Waals surface area contributed by atoms with E-state index in [2.05, 4.69) is 0 Å². The van der Waals surface area contributed by atoms with Gasteiger partial charge in [-0.2, -0.15) is 0 Å². The van der Waals surface area contributed by atoms with Crippen molar-refractivity contribution in [3.8, 4) is 11.1 Å². The summed E-state index contributed by atoms with van der Waals surface area (Å²) >= 11 is 12.3. The molecule has 0 heterocycles. The molecule has 10 heteroatoms. The first-order valence-electron chi connectivity index (χ1n) is 9.72. The molecule has 4 N–H and O–H groups in total. The Hall–Kier alpha value is -2.34. The number of halogens is 2. The fraction of sp³-hybridized carbons (Fsp3) is 0.0800. The van der Waals surface area contributed by atoms with Crippen LogP contribution in [0.15, 0.2) is 82.6 Å². The molecule has 0 aliphatic carbocycles. The fourth-order valence-electron chi connectivity index (χ4n) is 3.84. The Balaban J connectivity index is 0.00000204. The van der Waals surface area contributed by atoms with Crippen molar-refractivity contribution >= 4 is 49.8 Å². The first kappa shape index (κ1) is 30.7. The Morgan fingerprint density at radius 2 is 1.57 bits per heavy atom. The van der Waals surface area contributed by atoms with Gasteiger partial charge in [0, 0.05) is 5.02 Å².